The Labute approximate surface area is 304 Å². The molecule has 0 atom stereocenters. The Hall–Kier alpha value is -1.82. The molecule has 2 aromatic carbocycles. The van der Waals surface area contributed by atoms with Crippen LogP contribution in [0, 0.1) is 20.2 Å². The van der Waals surface area contributed by atoms with E-state index < -0.39 is 0 Å². The topological polar surface area (TPSA) is 75.2 Å². The van der Waals surface area contributed by atoms with Crippen LogP contribution in [0.5, 0.6) is 0 Å². The first kappa shape index (κ1) is 40.2. The zero-order valence-corrected chi connectivity index (χ0v) is 30.3. The van der Waals surface area contributed by atoms with Gasteiger partial charge in [0.2, 0.25) is 0 Å². The number of nitrogens with zero attached hydrogens (tertiary/aromatic N) is 6. The molecule has 240 valence electrons. The summed E-state index contributed by atoms with van der Waals surface area (Å²) in [6.07, 6.45) is 3.47. The minimum absolute atomic E-state index is 0. The van der Waals surface area contributed by atoms with Crippen molar-refractivity contribution >= 4 is 69.0 Å². The van der Waals surface area contributed by atoms with E-state index in [0.29, 0.717) is 8.75 Å². The molecule has 1 radical (unpaired) electrons. The number of benzene rings is 2. The van der Waals surface area contributed by atoms with E-state index in [1.165, 1.54) is 34.7 Å². The second kappa shape index (κ2) is 25.4. The van der Waals surface area contributed by atoms with E-state index in [1.807, 2.05) is 86.6 Å². The average Bonchev–Trinajstić information content (AvgIpc) is 3.06. The Balaban J connectivity index is 0.000000396. The van der Waals surface area contributed by atoms with Crippen LogP contribution in [-0.2, 0) is 67.0 Å². The normalized spacial score (nSPS) is 11.8. The van der Waals surface area contributed by atoms with Crippen molar-refractivity contribution < 1.29 is 50.4 Å². The molecule has 2 heterocycles. The van der Waals surface area contributed by atoms with E-state index in [2.05, 4.69) is 74.8 Å². The van der Waals surface area contributed by atoms with Crippen LogP contribution in [0.3, 0.4) is 0 Å². The molecular weight excluding hydrogens is 771 g/mol. The molecule has 0 fully saturated rings. The van der Waals surface area contributed by atoms with E-state index in [-0.39, 0.29) is 17.1 Å². The standard InChI is InChI=1S/2C15H15N3S2.2ClH.2Cu/c2*1-12(14-9-5-6-10-16-14)17-18-15(19)20-11-13-7-3-2-4-8-13;;;;/h2*2-10H,11H2,1H3,(H,18,19);2*1H;;/q;;;;;+2/p-2/b2*17-12+;;;;. The maximum absolute atomic E-state index is 5.19. The van der Waals surface area contributed by atoms with Gasteiger partial charge in [-0.1, -0.05) is 72.8 Å². The number of aromatic nitrogens is 2. The number of hydrogen-bond acceptors (Lipinski definition) is 10. The largest absolute Gasteiger partial charge is 0 e. The van der Waals surface area contributed by atoms with Crippen molar-refractivity contribution in [1.29, 1.82) is 0 Å². The van der Waals surface area contributed by atoms with Gasteiger partial charge in [-0.25, -0.2) is 0 Å². The van der Waals surface area contributed by atoms with Crippen molar-refractivity contribution in [1.82, 2.24) is 9.97 Å². The van der Waals surface area contributed by atoms with Gasteiger partial charge in [-0.05, 0) is 58.0 Å². The molecule has 0 saturated carbocycles. The Morgan fingerprint density at radius 2 is 0.955 bits per heavy atom. The van der Waals surface area contributed by atoms with E-state index in [1.54, 1.807) is 12.4 Å². The molecule has 0 spiro atoms. The first-order chi connectivity index (χ1) is 20.9. The molecule has 0 bridgehead atoms. The van der Waals surface area contributed by atoms with Gasteiger partial charge in [0.1, 0.15) is 0 Å². The minimum atomic E-state index is 0. The van der Waals surface area contributed by atoms with Gasteiger partial charge >= 0.3 is 33.3 Å². The average molecular weight is 801 g/mol. The second-order valence-electron chi connectivity index (χ2n) is 8.13. The zero-order valence-electron chi connectivity index (χ0n) is 23.5. The summed E-state index contributed by atoms with van der Waals surface area (Å²) in [4.78, 5) is 8.42. The molecule has 0 saturated heterocycles. The number of halogens is 2. The van der Waals surface area contributed by atoms with Gasteiger partial charge in [-0.2, -0.15) is 20.4 Å². The van der Waals surface area contributed by atoms with Crippen LogP contribution in [0.2, 0.25) is 0 Å². The fraction of sp³-hybridized carbons (Fsp3) is 0.133. The fourth-order valence-corrected chi connectivity index (χ4v) is 4.58. The molecule has 4 aromatic rings. The molecule has 2 aromatic heterocycles. The zero-order chi connectivity index (χ0) is 31.1. The first-order valence-electron chi connectivity index (χ1n) is 12.5. The number of hydrogen-bond donors (Lipinski definition) is 0. The van der Waals surface area contributed by atoms with E-state index in [0.717, 1.165) is 47.5 Å². The van der Waals surface area contributed by atoms with Gasteiger partial charge in [0, 0.05) is 41.0 Å². The molecule has 0 aliphatic rings. The molecule has 6 nitrogen and oxygen atoms in total. The van der Waals surface area contributed by atoms with Gasteiger partial charge in [0.05, 0.1) is 22.8 Å². The van der Waals surface area contributed by atoms with Crippen LogP contribution in [0.25, 0.3) is 0 Å². The van der Waals surface area contributed by atoms with Gasteiger partial charge in [-0.3, -0.25) is 9.97 Å². The molecule has 0 aliphatic carbocycles. The van der Waals surface area contributed by atoms with Gasteiger partial charge in [0.25, 0.3) is 0 Å². The quantitative estimate of drug-likeness (QED) is 0.0647. The van der Waals surface area contributed by atoms with Crippen molar-refractivity contribution in [3.8, 4) is 0 Å². The first-order valence-corrected chi connectivity index (χ1v) is 18.1. The van der Waals surface area contributed by atoms with Crippen LogP contribution < -0.4 is 0 Å². The van der Waals surface area contributed by atoms with Gasteiger partial charge in [0.15, 0.2) is 0 Å². The molecule has 0 amide bonds. The molecule has 0 aliphatic heterocycles. The van der Waals surface area contributed by atoms with Crippen molar-refractivity contribution in [3.63, 3.8) is 0 Å². The van der Waals surface area contributed by atoms with Crippen molar-refractivity contribution in [2.24, 2.45) is 20.4 Å². The third-order valence-electron chi connectivity index (χ3n) is 5.04. The SMILES string of the molecule is C/C(=N\N=C(/[S-])SCc1ccccc1)c1ccccn1.C/C(=N\N=C(/[S-])SCc1ccccc1)c1ccccn1.[ClH+][Cu][ClH+].[Cu]. The predicted octanol–water partition coefficient (Wildman–Crippen LogP) is 6.74. The van der Waals surface area contributed by atoms with Crippen LogP contribution in [0.15, 0.2) is 130 Å². The Bertz CT molecular complexity index is 1340. The maximum atomic E-state index is 5.19. The summed E-state index contributed by atoms with van der Waals surface area (Å²) in [6, 6.07) is 31.7. The monoisotopic (exact) mass is 798 g/mol. The molecule has 14 heteroatoms. The summed E-state index contributed by atoms with van der Waals surface area (Å²) in [5.74, 6) is 1.61. The summed E-state index contributed by atoms with van der Waals surface area (Å²) in [7, 11) is 8.23. The number of thioether (sulfide) groups is 2. The van der Waals surface area contributed by atoms with E-state index in [9.17, 15) is 0 Å². The Morgan fingerprint density at radius 3 is 1.27 bits per heavy atom. The summed E-state index contributed by atoms with van der Waals surface area (Å²) >= 11 is 14.4. The van der Waals surface area contributed by atoms with Crippen molar-refractivity contribution in [2.75, 3.05) is 0 Å². The smallest absolute Gasteiger partial charge is 0 e. The summed E-state index contributed by atoms with van der Waals surface area (Å²) in [5, 5.41) is 16.4. The predicted molar refractivity (Wildman–Crippen MR) is 181 cm³/mol. The van der Waals surface area contributed by atoms with Gasteiger partial charge in [-0.15, -0.1) is 23.5 Å². The molecule has 4 rings (SSSR count). The number of pyridine rings is 2. The van der Waals surface area contributed by atoms with Crippen LogP contribution in [0.4, 0.5) is 0 Å². The molecule has 0 N–H and O–H groups in total. The third kappa shape index (κ3) is 18.2. The molecule has 44 heavy (non-hydrogen) atoms. The molecule has 0 unspecified atom stereocenters. The van der Waals surface area contributed by atoms with Crippen LogP contribution in [-0.4, -0.2) is 30.1 Å². The van der Waals surface area contributed by atoms with E-state index >= 15 is 0 Å². The summed E-state index contributed by atoms with van der Waals surface area (Å²) in [5.41, 5.74) is 5.58. The number of rotatable bonds is 8. The van der Waals surface area contributed by atoms with E-state index in [4.69, 9.17) is 25.3 Å². The summed E-state index contributed by atoms with van der Waals surface area (Å²) in [6.45, 7) is 3.74. The van der Waals surface area contributed by atoms with Crippen molar-refractivity contribution in [2.45, 2.75) is 25.4 Å². The van der Waals surface area contributed by atoms with Crippen LogP contribution >= 0.6 is 23.5 Å². The fourth-order valence-electron chi connectivity index (χ4n) is 2.98. The van der Waals surface area contributed by atoms with Crippen molar-refractivity contribution in [3.05, 3.63) is 132 Å². The summed E-state index contributed by atoms with van der Waals surface area (Å²) < 4.78 is 1.06. The molecular formula is C30H30Cl2Cu2N6S4. The Kier molecular flexibility index (Phi) is 23.2. The third-order valence-corrected chi connectivity index (χ3v) is 7.53. The second-order valence-corrected chi connectivity index (χ2v) is 13.2. The van der Waals surface area contributed by atoms with Gasteiger partial charge < -0.3 is 25.3 Å². The minimum Gasteiger partial charge on any atom is 0 e. The Morgan fingerprint density at radius 1 is 0.614 bits per heavy atom. The maximum Gasteiger partial charge on any atom is 0 e. The van der Waals surface area contributed by atoms with Crippen LogP contribution in [0.1, 0.15) is 36.4 Å².